The normalized spacial score (nSPS) is 9.00. The van der Waals surface area contributed by atoms with E-state index in [2.05, 4.69) is 23.5 Å². The molecule has 0 saturated heterocycles. The van der Waals surface area contributed by atoms with Crippen LogP contribution in [0, 0.1) is 0 Å². The Bertz CT molecular complexity index is 94.7. The lowest BCUT2D eigenvalue weighted by Crippen LogP contribution is -2.02. The Morgan fingerprint density at radius 3 is 2.75 bits per heavy atom. The lowest BCUT2D eigenvalue weighted by atomic mass is 10.7. The van der Waals surface area contributed by atoms with Crippen molar-refractivity contribution in [3.63, 3.8) is 0 Å². The molecule has 0 amide bonds. The van der Waals surface area contributed by atoms with Crippen molar-refractivity contribution >= 4 is 6.21 Å². The van der Waals surface area contributed by atoms with Crippen LogP contribution in [0.1, 0.15) is 0 Å². The average molecular weight is 110 g/mol. The maximum atomic E-state index is 3.85. The van der Waals surface area contributed by atoms with E-state index in [9.17, 15) is 0 Å². The SMILES string of the molecule is C=C/C=N\CNC=C. The molecule has 2 nitrogen and oxygen atoms in total. The first kappa shape index (κ1) is 6.95. The molecule has 0 aromatic rings. The molecule has 0 aliphatic rings. The van der Waals surface area contributed by atoms with Gasteiger partial charge in [-0.15, -0.1) is 0 Å². The molecule has 0 saturated carbocycles. The summed E-state index contributed by atoms with van der Waals surface area (Å²) in [6, 6.07) is 0. The fourth-order valence-corrected chi connectivity index (χ4v) is 0.244. The number of nitrogens with one attached hydrogen (secondary N) is 1. The van der Waals surface area contributed by atoms with Crippen molar-refractivity contribution in [1.82, 2.24) is 5.32 Å². The molecule has 0 fully saturated rings. The summed E-state index contributed by atoms with van der Waals surface area (Å²) in [6.45, 7) is 7.48. The molecule has 0 aromatic heterocycles. The van der Waals surface area contributed by atoms with E-state index < -0.39 is 0 Å². The number of rotatable bonds is 4. The van der Waals surface area contributed by atoms with Gasteiger partial charge in [0.15, 0.2) is 0 Å². The van der Waals surface area contributed by atoms with Gasteiger partial charge in [0.1, 0.15) is 6.67 Å². The Labute approximate surface area is 49.6 Å². The predicted molar refractivity (Wildman–Crippen MR) is 36.9 cm³/mol. The Morgan fingerprint density at radius 2 is 2.25 bits per heavy atom. The molecular weight excluding hydrogens is 100 g/mol. The van der Waals surface area contributed by atoms with Crippen molar-refractivity contribution in [1.29, 1.82) is 0 Å². The van der Waals surface area contributed by atoms with Gasteiger partial charge in [0.05, 0.1) is 0 Å². The minimum Gasteiger partial charge on any atom is -0.373 e. The second kappa shape index (κ2) is 5.95. The van der Waals surface area contributed by atoms with E-state index in [1.54, 1.807) is 18.5 Å². The van der Waals surface area contributed by atoms with Crippen molar-refractivity contribution in [3.05, 3.63) is 25.4 Å². The highest BCUT2D eigenvalue weighted by Gasteiger charge is 1.64. The lowest BCUT2D eigenvalue weighted by molar-refractivity contribution is 0.892. The molecule has 0 heterocycles. The molecule has 8 heavy (non-hydrogen) atoms. The van der Waals surface area contributed by atoms with Gasteiger partial charge in [0.25, 0.3) is 0 Å². The molecule has 0 unspecified atom stereocenters. The molecule has 0 atom stereocenters. The topological polar surface area (TPSA) is 24.4 Å². The van der Waals surface area contributed by atoms with Crippen LogP contribution >= 0.6 is 0 Å². The van der Waals surface area contributed by atoms with Crippen LogP contribution in [0.5, 0.6) is 0 Å². The van der Waals surface area contributed by atoms with Crippen molar-refractivity contribution in [3.8, 4) is 0 Å². The standard InChI is InChI=1S/C6H10N2/c1-3-5-8-6-7-4-2/h3-5,7H,1-2,6H2/b8-5-. The first-order chi connectivity index (χ1) is 3.91. The summed E-state index contributed by atoms with van der Waals surface area (Å²) >= 11 is 0. The number of nitrogens with zero attached hydrogens (tertiary/aromatic N) is 1. The van der Waals surface area contributed by atoms with E-state index in [0.717, 1.165) is 0 Å². The van der Waals surface area contributed by atoms with E-state index in [4.69, 9.17) is 0 Å². The maximum Gasteiger partial charge on any atom is 0.107 e. The third-order valence-corrected chi connectivity index (χ3v) is 0.538. The fourth-order valence-electron chi connectivity index (χ4n) is 0.244. The summed E-state index contributed by atoms with van der Waals surface area (Å²) in [4.78, 5) is 3.85. The molecule has 0 radical (unpaired) electrons. The Morgan fingerprint density at radius 1 is 1.50 bits per heavy atom. The van der Waals surface area contributed by atoms with Crippen molar-refractivity contribution < 1.29 is 0 Å². The first-order valence-electron chi connectivity index (χ1n) is 2.37. The quantitative estimate of drug-likeness (QED) is 0.422. The smallest absolute Gasteiger partial charge is 0.107 e. The second-order valence-electron chi connectivity index (χ2n) is 1.13. The third-order valence-electron chi connectivity index (χ3n) is 0.538. The third kappa shape index (κ3) is 4.95. The van der Waals surface area contributed by atoms with Crippen molar-refractivity contribution in [2.45, 2.75) is 0 Å². The number of hydrogen-bond acceptors (Lipinski definition) is 2. The second-order valence-corrected chi connectivity index (χ2v) is 1.13. The van der Waals surface area contributed by atoms with Crippen LogP contribution in [0.15, 0.2) is 30.4 Å². The zero-order valence-corrected chi connectivity index (χ0v) is 4.80. The van der Waals surface area contributed by atoms with Gasteiger partial charge < -0.3 is 5.32 Å². The predicted octanol–water partition coefficient (Wildman–Crippen LogP) is 0.934. The van der Waals surface area contributed by atoms with Crippen molar-refractivity contribution in [2.24, 2.45) is 4.99 Å². The molecule has 0 bridgehead atoms. The van der Waals surface area contributed by atoms with Crippen LogP contribution < -0.4 is 5.32 Å². The zero-order chi connectivity index (χ0) is 6.24. The number of aliphatic imine (C=N–C) groups is 1. The summed E-state index contributed by atoms with van der Waals surface area (Å²) in [5.74, 6) is 0. The number of allylic oxidation sites excluding steroid dienone is 1. The van der Waals surface area contributed by atoms with Gasteiger partial charge in [0.2, 0.25) is 0 Å². The zero-order valence-electron chi connectivity index (χ0n) is 4.80. The van der Waals surface area contributed by atoms with E-state index in [-0.39, 0.29) is 0 Å². The largest absolute Gasteiger partial charge is 0.373 e. The van der Waals surface area contributed by atoms with E-state index in [1.165, 1.54) is 0 Å². The maximum absolute atomic E-state index is 3.85. The highest BCUT2D eigenvalue weighted by molar-refractivity contribution is 5.69. The van der Waals surface area contributed by atoms with Gasteiger partial charge in [-0.1, -0.05) is 19.2 Å². The molecular formula is C6H10N2. The molecule has 0 spiro atoms. The summed E-state index contributed by atoms with van der Waals surface area (Å²) < 4.78 is 0. The van der Waals surface area contributed by atoms with Crippen LogP contribution in [0.2, 0.25) is 0 Å². The number of hydrogen-bond donors (Lipinski definition) is 1. The minimum absolute atomic E-state index is 0.579. The van der Waals surface area contributed by atoms with Gasteiger partial charge in [-0.2, -0.15) is 0 Å². The molecule has 0 aliphatic carbocycles. The van der Waals surface area contributed by atoms with Crippen molar-refractivity contribution in [2.75, 3.05) is 6.67 Å². The van der Waals surface area contributed by atoms with Crippen LogP contribution in [0.4, 0.5) is 0 Å². The van der Waals surface area contributed by atoms with Gasteiger partial charge in [-0.25, -0.2) is 0 Å². The van der Waals surface area contributed by atoms with Gasteiger partial charge in [0, 0.05) is 6.21 Å². The molecule has 44 valence electrons. The average Bonchev–Trinajstić information content (AvgIpc) is 1.81. The van der Waals surface area contributed by atoms with E-state index in [1.807, 2.05) is 0 Å². The van der Waals surface area contributed by atoms with Crippen LogP contribution in [-0.2, 0) is 0 Å². The molecule has 1 N–H and O–H groups in total. The highest BCUT2D eigenvalue weighted by Crippen LogP contribution is 1.61. The Kier molecular flexibility index (Phi) is 5.17. The molecule has 0 aliphatic heterocycles. The monoisotopic (exact) mass is 110 g/mol. The molecule has 2 heteroatoms. The lowest BCUT2D eigenvalue weighted by Gasteiger charge is -1.87. The van der Waals surface area contributed by atoms with Crippen LogP contribution in [0.25, 0.3) is 0 Å². The van der Waals surface area contributed by atoms with Crippen LogP contribution in [0.3, 0.4) is 0 Å². The minimum atomic E-state index is 0.579. The molecule has 0 rings (SSSR count). The van der Waals surface area contributed by atoms with Gasteiger partial charge in [-0.05, 0) is 6.20 Å². The first-order valence-corrected chi connectivity index (χ1v) is 2.37. The summed E-state index contributed by atoms with van der Waals surface area (Å²) in [6.07, 6.45) is 4.86. The van der Waals surface area contributed by atoms with Gasteiger partial charge in [-0.3, -0.25) is 4.99 Å². The van der Waals surface area contributed by atoms with Gasteiger partial charge >= 0.3 is 0 Å². The highest BCUT2D eigenvalue weighted by atomic mass is 15.0. The summed E-state index contributed by atoms with van der Waals surface area (Å²) in [5.41, 5.74) is 0. The summed E-state index contributed by atoms with van der Waals surface area (Å²) in [7, 11) is 0. The fraction of sp³-hybridized carbons (Fsp3) is 0.167. The Balaban J connectivity index is 3.02. The van der Waals surface area contributed by atoms with E-state index in [0.29, 0.717) is 6.67 Å². The van der Waals surface area contributed by atoms with E-state index >= 15 is 0 Å². The molecule has 0 aromatic carbocycles. The Hall–Kier alpha value is -1.05. The van der Waals surface area contributed by atoms with Crippen LogP contribution in [-0.4, -0.2) is 12.9 Å². The summed E-state index contributed by atoms with van der Waals surface area (Å²) in [5, 5.41) is 2.80.